The Hall–Kier alpha value is -2.27. The zero-order valence-electron chi connectivity index (χ0n) is 12.1. The van der Waals surface area contributed by atoms with Crippen LogP contribution in [0, 0.1) is 0 Å². The van der Waals surface area contributed by atoms with Crippen LogP contribution < -0.4 is 15.2 Å². The minimum atomic E-state index is -0.864. The third-order valence-electron chi connectivity index (χ3n) is 3.48. The highest BCUT2D eigenvalue weighted by Gasteiger charge is 2.18. The number of hydrogen-bond donors (Lipinski definition) is 2. The maximum Gasteiger partial charge on any atom is 0.303 e. The van der Waals surface area contributed by atoms with Crippen molar-refractivity contribution in [2.75, 3.05) is 14.2 Å². The quantitative estimate of drug-likeness (QED) is 0.854. The summed E-state index contributed by atoms with van der Waals surface area (Å²) in [5.41, 5.74) is 6.89. The van der Waals surface area contributed by atoms with E-state index in [1.165, 1.54) is 0 Å². The molecule has 0 radical (unpaired) electrons. The van der Waals surface area contributed by atoms with Gasteiger partial charge >= 0.3 is 5.97 Å². The van der Waals surface area contributed by atoms with Gasteiger partial charge in [-0.15, -0.1) is 0 Å². The number of carbonyl (C=O) groups is 1. The van der Waals surface area contributed by atoms with Crippen molar-refractivity contribution in [1.29, 1.82) is 0 Å². The minimum Gasteiger partial charge on any atom is -0.496 e. The molecule has 0 aliphatic heterocycles. The molecule has 0 aromatic heterocycles. The average Bonchev–Trinajstić information content (AvgIpc) is 2.50. The average molecular weight is 289 g/mol. The van der Waals surface area contributed by atoms with E-state index >= 15 is 0 Å². The number of hydrogen-bond acceptors (Lipinski definition) is 4. The van der Waals surface area contributed by atoms with E-state index < -0.39 is 12.0 Å². The Morgan fingerprint density at radius 1 is 1.24 bits per heavy atom. The third-order valence-corrected chi connectivity index (χ3v) is 3.48. The topological polar surface area (TPSA) is 81.8 Å². The number of nitrogens with two attached hydrogens (primary N) is 1. The second kappa shape index (κ2) is 6.45. The Morgan fingerprint density at radius 3 is 2.48 bits per heavy atom. The molecule has 2 aromatic carbocycles. The van der Waals surface area contributed by atoms with E-state index in [0.29, 0.717) is 17.9 Å². The van der Waals surface area contributed by atoms with Crippen molar-refractivity contribution in [2.45, 2.75) is 18.9 Å². The maximum absolute atomic E-state index is 10.7. The molecule has 5 nitrogen and oxygen atoms in total. The van der Waals surface area contributed by atoms with Gasteiger partial charge in [0.1, 0.15) is 11.5 Å². The number of carboxylic acids is 1. The van der Waals surface area contributed by atoms with Crippen LogP contribution in [0.5, 0.6) is 11.5 Å². The van der Waals surface area contributed by atoms with Crippen LogP contribution in [0.1, 0.15) is 24.4 Å². The molecule has 1 atom stereocenters. The predicted octanol–water partition coefficient (Wildman–Crippen LogP) is 2.72. The molecule has 0 fully saturated rings. The van der Waals surface area contributed by atoms with E-state index in [2.05, 4.69) is 0 Å². The fraction of sp³-hybridized carbons (Fsp3) is 0.312. The van der Waals surface area contributed by atoms with Gasteiger partial charge in [0.05, 0.1) is 14.2 Å². The van der Waals surface area contributed by atoms with Crippen molar-refractivity contribution in [3.05, 3.63) is 35.9 Å². The molecule has 0 amide bonds. The Balaban J connectivity index is 2.54. The van der Waals surface area contributed by atoms with Crippen molar-refractivity contribution < 1.29 is 19.4 Å². The maximum atomic E-state index is 10.7. The first-order valence-electron chi connectivity index (χ1n) is 6.69. The minimum absolute atomic E-state index is 0.0134. The van der Waals surface area contributed by atoms with Gasteiger partial charge in [-0.05, 0) is 12.5 Å². The van der Waals surface area contributed by atoms with Crippen LogP contribution in [0.25, 0.3) is 10.8 Å². The molecule has 0 saturated carbocycles. The Morgan fingerprint density at radius 2 is 1.90 bits per heavy atom. The number of methoxy groups -OCH3 is 2. The molecule has 0 saturated heterocycles. The van der Waals surface area contributed by atoms with E-state index in [9.17, 15) is 4.79 Å². The predicted molar refractivity (Wildman–Crippen MR) is 80.9 cm³/mol. The van der Waals surface area contributed by atoms with Gasteiger partial charge in [0.25, 0.3) is 0 Å². The zero-order chi connectivity index (χ0) is 15.4. The Kier molecular flexibility index (Phi) is 4.65. The highest BCUT2D eigenvalue weighted by Crippen LogP contribution is 2.39. The number of aliphatic carboxylic acids is 1. The van der Waals surface area contributed by atoms with E-state index in [-0.39, 0.29) is 6.42 Å². The molecule has 0 heterocycles. The SMILES string of the molecule is COc1cc(C(N)CCC(=O)O)c(OC)c2ccccc12. The largest absolute Gasteiger partial charge is 0.496 e. The molecule has 112 valence electrons. The molecule has 1 unspecified atom stereocenters. The fourth-order valence-electron chi connectivity index (χ4n) is 2.44. The zero-order valence-corrected chi connectivity index (χ0v) is 12.1. The highest BCUT2D eigenvalue weighted by atomic mass is 16.5. The first-order valence-corrected chi connectivity index (χ1v) is 6.69. The van der Waals surface area contributed by atoms with Crippen LogP contribution in [0.15, 0.2) is 30.3 Å². The van der Waals surface area contributed by atoms with Gasteiger partial charge in [0, 0.05) is 28.8 Å². The van der Waals surface area contributed by atoms with E-state index in [1.54, 1.807) is 14.2 Å². The molecule has 0 spiro atoms. The van der Waals surface area contributed by atoms with E-state index in [1.807, 2.05) is 30.3 Å². The Bertz CT molecular complexity index is 654. The van der Waals surface area contributed by atoms with Gasteiger partial charge in [-0.25, -0.2) is 0 Å². The summed E-state index contributed by atoms with van der Waals surface area (Å²) < 4.78 is 10.9. The number of ether oxygens (including phenoxy) is 2. The molecule has 21 heavy (non-hydrogen) atoms. The monoisotopic (exact) mass is 289 g/mol. The van der Waals surface area contributed by atoms with Gasteiger partial charge < -0.3 is 20.3 Å². The summed E-state index contributed by atoms with van der Waals surface area (Å²) in [5.74, 6) is 0.508. The molecule has 0 aliphatic rings. The molecular weight excluding hydrogens is 270 g/mol. The lowest BCUT2D eigenvalue weighted by Gasteiger charge is -2.19. The highest BCUT2D eigenvalue weighted by molar-refractivity contribution is 5.94. The third kappa shape index (κ3) is 3.08. The smallest absolute Gasteiger partial charge is 0.303 e. The second-order valence-electron chi connectivity index (χ2n) is 4.79. The molecule has 0 aliphatic carbocycles. The van der Waals surface area contributed by atoms with Gasteiger partial charge in [0.2, 0.25) is 0 Å². The van der Waals surface area contributed by atoms with Crippen LogP contribution >= 0.6 is 0 Å². The second-order valence-corrected chi connectivity index (χ2v) is 4.79. The lowest BCUT2D eigenvalue weighted by Crippen LogP contribution is -2.14. The lowest BCUT2D eigenvalue weighted by atomic mass is 9.97. The van der Waals surface area contributed by atoms with Crippen molar-refractivity contribution in [3.8, 4) is 11.5 Å². The van der Waals surface area contributed by atoms with Crippen LogP contribution in [-0.4, -0.2) is 25.3 Å². The van der Waals surface area contributed by atoms with Crippen LogP contribution in [-0.2, 0) is 4.79 Å². The summed E-state index contributed by atoms with van der Waals surface area (Å²) in [6.45, 7) is 0. The van der Waals surface area contributed by atoms with E-state index in [4.69, 9.17) is 20.3 Å². The molecule has 3 N–H and O–H groups in total. The normalized spacial score (nSPS) is 12.1. The molecular formula is C16H19NO4. The molecule has 0 bridgehead atoms. The van der Waals surface area contributed by atoms with E-state index in [0.717, 1.165) is 16.3 Å². The summed E-state index contributed by atoms with van der Waals surface area (Å²) in [5, 5.41) is 10.6. The summed E-state index contributed by atoms with van der Waals surface area (Å²) in [4.78, 5) is 10.7. The van der Waals surface area contributed by atoms with Gasteiger partial charge in [-0.3, -0.25) is 4.79 Å². The first-order chi connectivity index (χ1) is 10.1. The van der Waals surface area contributed by atoms with Gasteiger partial charge in [-0.1, -0.05) is 24.3 Å². The number of rotatable bonds is 6. The van der Waals surface area contributed by atoms with Crippen molar-refractivity contribution in [1.82, 2.24) is 0 Å². The van der Waals surface area contributed by atoms with Crippen molar-refractivity contribution in [2.24, 2.45) is 5.73 Å². The Labute approximate surface area is 123 Å². The van der Waals surface area contributed by atoms with Crippen LogP contribution in [0.4, 0.5) is 0 Å². The van der Waals surface area contributed by atoms with Gasteiger partial charge in [0.15, 0.2) is 0 Å². The fourth-order valence-corrected chi connectivity index (χ4v) is 2.44. The van der Waals surface area contributed by atoms with Crippen LogP contribution in [0.3, 0.4) is 0 Å². The first kappa shape index (κ1) is 15.1. The summed E-state index contributed by atoms with van der Waals surface area (Å²) in [7, 11) is 3.18. The number of benzene rings is 2. The lowest BCUT2D eigenvalue weighted by molar-refractivity contribution is -0.137. The standard InChI is InChI=1S/C16H19NO4/c1-20-14-9-12(13(17)7-8-15(18)19)16(21-2)11-6-4-3-5-10(11)14/h3-6,9,13H,7-8,17H2,1-2H3,(H,18,19). The number of carboxylic acid groups (broad SMARTS) is 1. The van der Waals surface area contributed by atoms with Gasteiger partial charge in [-0.2, -0.15) is 0 Å². The summed E-state index contributed by atoms with van der Waals surface area (Å²) >= 11 is 0. The molecule has 5 heteroatoms. The number of fused-ring (bicyclic) bond motifs is 1. The molecule has 2 rings (SSSR count). The molecule has 2 aromatic rings. The van der Waals surface area contributed by atoms with Crippen molar-refractivity contribution >= 4 is 16.7 Å². The van der Waals surface area contributed by atoms with Crippen LogP contribution in [0.2, 0.25) is 0 Å². The summed E-state index contributed by atoms with van der Waals surface area (Å²) in [6.07, 6.45) is 0.354. The van der Waals surface area contributed by atoms with Crippen molar-refractivity contribution in [3.63, 3.8) is 0 Å². The summed E-state index contributed by atoms with van der Waals surface area (Å²) in [6, 6.07) is 9.13.